The van der Waals surface area contributed by atoms with Gasteiger partial charge in [-0.05, 0) is 6.42 Å². The molecule has 1 aliphatic rings. The van der Waals surface area contributed by atoms with Crippen LogP contribution in [0.5, 0.6) is 0 Å². The molecule has 0 aromatic rings. The molecule has 0 bridgehead atoms. The first kappa shape index (κ1) is 9.92. The van der Waals surface area contributed by atoms with E-state index in [1.807, 2.05) is 0 Å². The van der Waals surface area contributed by atoms with Gasteiger partial charge in [0.2, 0.25) is 0 Å². The van der Waals surface area contributed by atoms with E-state index in [0.717, 1.165) is 13.2 Å². The Balaban J connectivity index is 0.000000810. The quantitative estimate of drug-likeness (QED) is 0.634. The van der Waals surface area contributed by atoms with Gasteiger partial charge in [-0.3, -0.25) is 0 Å². The molecule has 2 nitrogen and oxygen atoms in total. The van der Waals surface area contributed by atoms with Gasteiger partial charge in [0, 0.05) is 18.7 Å². The summed E-state index contributed by atoms with van der Waals surface area (Å²) in [4.78, 5) is 0. The third kappa shape index (κ3) is 3.18. The summed E-state index contributed by atoms with van der Waals surface area (Å²) in [5.41, 5.74) is 0. The topological polar surface area (TPSA) is 21.3 Å². The Hall–Kier alpha value is -0.0800. The fourth-order valence-electron chi connectivity index (χ4n) is 1.14. The summed E-state index contributed by atoms with van der Waals surface area (Å²) in [6.07, 6.45) is 1.18. The SMILES string of the molecule is C.CC(C)NC1CCOC1. The van der Waals surface area contributed by atoms with E-state index in [9.17, 15) is 0 Å². The van der Waals surface area contributed by atoms with Crippen LogP contribution in [0.15, 0.2) is 0 Å². The molecular weight excluding hydrogens is 126 g/mol. The lowest BCUT2D eigenvalue weighted by Gasteiger charge is -2.12. The molecule has 0 aliphatic carbocycles. The third-order valence-electron chi connectivity index (χ3n) is 1.50. The van der Waals surface area contributed by atoms with E-state index in [1.54, 1.807) is 0 Å². The molecule has 1 fully saturated rings. The molecule has 1 N–H and O–H groups in total. The Bertz CT molecular complexity index is 77.3. The molecule has 0 aromatic heterocycles. The zero-order valence-electron chi connectivity index (χ0n) is 6.18. The summed E-state index contributed by atoms with van der Waals surface area (Å²) in [5.74, 6) is 0. The van der Waals surface area contributed by atoms with Crippen molar-refractivity contribution in [3.05, 3.63) is 0 Å². The number of hydrogen-bond donors (Lipinski definition) is 1. The molecule has 1 atom stereocenters. The molecule has 2 heteroatoms. The monoisotopic (exact) mass is 145 g/mol. The van der Waals surface area contributed by atoms with Crippen LogP contribution in [-0.2, 0) is 4.74 Å². The molecule has 62 valence electrons. The van der Waals surface area contributed by atoms with Crippen LogP contribution in [0, 0.1) is 0 Å². The van der Waals surface area contributed by atoms with E-state index >= 15 is 0 Å². The van der Waals surface area contributed by atoms with E-state index in [0.29, 0.717) is 12.1 Å². The predicted octanol–water partition coefficient (Wildman–Crippen LogP) is 1.41. The minimum Gasteiger partial charge on any atom is -0.380 e. The molecule has 1 rings (SSSR count). The zero-order chi connectivity index (χ0) is 6.69. The molecule has 1 aliphatic heterocycles. The van der Waals surface area contributed by atoms with Crippen LogP contribution in [-0.4, -0.2) is 25.3 Å². The van der Waals surface area contributed by atoms with Crippen molar-refractivity contribution in [1.82, 2.24) is 5.32 Å². The van der Waals surface area contributed by atoms with Crippen molar-refractivity contribution < 1.29 is 4.74 Å². The summed E-state index contributed by atoms with van der Waals surface area (Å²) in [7, 11) is 0. The molecule has 0 spiro atoms. The Morgan fingerprint density at radius 1 is 1.50 bits per heavy atom. The lowest BCUT2D eigenvalue weighted by molar-refractivity contribution is 0.188. The van der Waals surface area contributed by atoms with E-state index < -0.39 is 0 Å². The summed E-state index contributed by atoms with van der Waals surface area (Å²) >= 11 is 0. The molecule has 1 saturated heterocycles. The molecule has 10 heavy (non-hydrogen) atoms. The second-order valence-electron chi connectivity index (χ2n) is 2.88. The minimum absolute atomic E-state index is 0. The number of rotatable bonds is 2. The highest BCUT2D eigenvalue weighted by molar-refractivity contribution is 4.72. The van der Waals surface area contributed by atoms with Crippen LogP contribution in [0.3, 0.4) is 0 Å². The molecule has 1 unspecified atom stereocenters. The summed E-state index contributed by atoms with van der Waals surface area (Å²) in [5, 5.41) is 3.42. The van der Waals surface area contributed by atoms with E-state index in [4.69, 9.17) is 4.74 Å². The highest BCUT2D eigenvalue weighted by Gasteiger charge is 2.14. The number of hydrogen-bond acceptors (Lipinski definition) is 2. The highest BCUT2D eigenvalue weighted by atomic mass is 16.5. The minimum atomic E-state index is 0. The Morgan fingerprint density at radius 2 is 2.20 bits per heavy atom. The summed E-state index contributed by atoms with van der Waals surface area (Å²) in [6.45, 7) is 6.17. The molecule has 0 aromatic carbocycles. The van der Waals surface area contributed by atoms with E-state index in [1.165, 1.54) is 6.42 Å². The molecular formula is C8H19NO. The number of ether oxygens (including phenoxy) is 1. The van der Waals surface area contributed by atoms with Crippen molar-refractivity contribution in [3.63, 3.8) is 0 Å². The molecule has 0 saturated carbocycles. The number of nitrogens with one attached hydrogen (secondary N) is 1. The predicted molar refractivity (Wildman–Crippen MR) is 44.2 cm³/mol. The van der Waals surface area contributed by atoms with Gasteiger partial charge in [0.25, 0.3) is 0 Å². The van der Waals surface area contributed by atoms with Crippen molar-refractivity contribution in [2.75, 3.05) is 13.2 Å². The van der Waals surface area contributed by atoms with Crippen molar-refractivity contribution in [2.24, 2.45) is 0 Å². The van der Waals surface area contributed by atoms with Gasteiger partial charge in [-0.1, -0.05) is 21.3 Å². The first-order valence-corrected chi connectivity index (χ1v) is 3.63. The summed E-state index contributed by atoms with van der Waals surface area (Å²) < 4.78 is 5.20. The standard InChI is InChI=1S/C7H15NO.CH4/c1-6(2)8-7-3-4-9-5-7;/h6-8H,3-5H2,1-2H3;1H4. The average molecular weight is 145 g/mol. The van der Waals surface area contributed by atoms with Crippen molar-refractivity contribution in [2.45, 2.75) is 39.8 Å². The fraction of sp³-hybridized carbons (Fsp3) is 1.00. The second kappa shape index (κ2) is 4.69. The maximum atomic E-state index is 5.20. The Kier molecular flexibility index (Phi) is 4.65. The highest BCUT2D eigenvalue weighted by Crippen LogP contribution is 2.03. The summed E-state index contributed by atoms with van der Waals surface area (Å²) in [6, 6.07) is 1.21. The van der Waals surface area contributed by atoms with Gasteiger partial charge in [-0.15, -0.1) is 0 Å². The first-order chi connectivity index (χ1) is 4.29. The Morgan fingerprint density at radius 3 is 2.60 bits per heavy atom. The average Bonchev–Trinajstić information content (AvgIpc) is 2.15. The largest absolute Gasteiger partial charge is 0.380 e. The van der Waals surface area contributed by atoms with Crippen molar-refractivity contribution in [1.29, 1.82) is 0 Å². The van der Waals surface area contributed by atoms with Gasteiger partial charge in [-0.2, -0.15) is 0 Å². The zero-order valence-corrected chi connectivity index (χ0v) is 6.18. The molecule has 0 radical (unpaired) electrons. The van der Waals surface area contributed by atoms with Gasteiger partial charge in [0.1, 0.15) is 0 Å². The van der Waals surface area contributed by atoms with Crippen molar-refractivity contribution >= 4 is 0 Å². The van der Waals surface area contributed by atoms with Crippen molar-refractivity contribution in [3.8, 4) is 0 Å². The van der Waals surface area contributed by atoms with Crippen LogP contribution in [0.2, 0.25) is 0 Å². The van der Waals surface area contributed by atoms with Gasteiger partial charge in [0.05, 0.1) is 6.61 Å². The van der Waals surface area contributed by atoms with E-state index in [-0.39, 0.29) is 7.43 Å². The van der Waals surface area contributed by atoms with Gasteiger partial charge < -0.3 is 10.1 Å². The van der Waals surface area contributed by atoms with Gasteiger partial charge in [0.15, 0.2) is 0 Å². The Labute approximate surface area is 64.0 Å². The second-order valence-corrected chi connectivity index (χ2v) is 2.88. The first-order valence-electron chi connectivity index (χ1n) is 3.63. The van der Waals surface area contributed by atoms with Crippen LogP contribution >= 0.6 is 0 Å². The van der Waals surface area contributed by atoms with Gasteiger partial charge >= 0.3 is 0 Å². The third-order valence-corrected chi connectivity index (χ3v) is 1.50. The van der Waals surface area contributed by atoms with Crippen LogP contribution in [0.4, 0.5) is 0 Å². The fourth-order valence-corrected chi connectivity index (χ4v) is 1.14. The maximum absolute atomic E-state index is 5.20. The van der Waals surface area contributed by atoms with Crippen LogP contribution in [0.25, 0.3) is 0 Å². The smallest absolute Gasteiger partial charge is 0.0620 e. The molecule has 0 amide bonds. The maximum Gasteiger partial charge on any atom is 0.0620 e. The lowest BCUT2D eigenvalue weighted by atomic mass is 10.2. The lowest BCUT2D eigenvalue weighted by Crippen LogP contribution is -2.34. The van der Waals surface area contributed by atoms with Gasteiger partial charge in [-0.25, -0.2) is 0 Å². The molecule has 1 heterocycles. The van der Waals surface area contributed by atoms with E-state index in [2.05, 4.69) is 19.2 Å². The van der Waals surface area contributed by atoms with Crippen LogP contribution in [0.1, 0.15) is 27.7 Å². The normalized spacial score (nSPS) is 24.9. The van der Waals surface area contributed by atoms with Crippen LogP contribution < -0.4 is 5.32 Å².